The Bertz CT molecular complexity index is 976. The first kappa shape index (κ1) is 16.4. The molecule has 1 fully saturated rings. The second-order valence-corrected chi connectivity index (χ2v) is 7.42. The highest BCUT2D eigenvalue weighted by Gasteiger charge is 2.34. The highest BCUT2D eigenvalue weighted by molar-refractivity contribution is 5.80. The number of amides is 1. The molecule has 0 aliphatic carbocycles. The van der Waals surface area contributed by atoms with Crippen molar-refractivity contribution in [2.24, 2.45) is 0 Å². The van der Waals surface area contributed by atoms with E-state index in [1.54, 1.807) is 4.68 Å². The Kier molecular flexibility index (Phi) is 4.10. The van der Waals surface area contributed by atoms with Crippen molar-refractivity contribution in [3.8, 4) is 0 Å². The van der Waals surface area contributed by atoms with Crippen LogP contribution in [0.5, 0.6) is 0 Å². The zero-order valence-electron chi connectivity index (χ0n) is 15.3. The first-order valence-corrected chi connectivity index (χ1v) is 9.81. The normalized spacial score (nSPS) is 20.0. The van der Waals surface area contributed by atoms with Crippen LogP contribution >= 0.6 is 0 Å². The number of para-hydroxylation sites is 1. The highest BCUT2D eigenvalue weighted by Crippen LogP contribution is 2.32. The van der Waals surface area contributed by atoms with Gasteiger partial charge in [-0.05, 0) is 37.8 Å². The maximum atomic E-state index is 13.1. The van der Waals surface area contributed by atoms with Crippen molar-refractivity contribution in [1.29, 1.82) is 0 Å². The van der Waals surface area contributed by atoms with Gasteiger partial charge in [0.2, 0.25) is 5.91 Å². The predicted octanol–water partition coefficient (Wildman–Crippen LogP) is 2.11. The third-order valence-electron chi connectivity index (χ3n) is 5.71. The third kappa shape index (κ3) is 2.89. The molecule has 1 saturated heterocycles. The molecule has 0 spiro atoms. The van der Waals surface area contributed by atoms with Gasteiger partial charge in [-0.3, -0.25) is 4.79 Å². The molecule has 4 heterocycles. The Morgan fingerprint density at radius 2 is 1.96 bits per heavy atom. The molecular weight excluding hydrogens is 342 g/mol. The van der Waals surface area contributed by atoms with Gasteiger partial charge in [-0.15, -0.1) is 15.3 Å². The molecule has 27 heavy (non-hydrogen) atoms. The summed E-state index contributed by atoms with van der Waals surface area (Å²) in [5.41, 5.74) is 1.70. The zero-order chi connectivity index (χ0) is 18.2. The first-order valence-electron chi connectivity index (χ1n) is 9.81. The van der Waals surface area contributed by atoms with Crippen LogP contribution in [0.3, 0.4) is 0 Å². The molecule has 2 aliphatic rings. The summed E-state index contributed by atoms with van der Waals surface area (Å²) >= 11 is 0. The molecule has 0 bridgehead atoms. The monoisotopic (exact) mass is 365 g/mol. The van der Waals surface area contributed by atoms with Gasteiger partial charge in [0.25, 0.3) is 0 Å². The van der Waals surface area contributed by atoms with Gasteiger partial charge in [-0.25, -0.2) is 4.68 Å². The van der Waals surface area contributed by atoms with Crippen molar-refractivity contribution >= 4 is 16.9 Å². The van der Waals surface area contributed by atoms with Crippen LogP contribution in [0.25, 0.3) is 11.0 Å². The van der Waals surface area contributed by atoms with E-state index >= 15 is 0 Å². The van der Waals surface area contributed by atoms with Crippen LogP contribution in [-0.4, -0.2) is 47.1 Å². The molecule has 5 rings (SSSR count). The number of rotatable bonds is 3. The molecule has 0 saturated carbocycles. The molecule has 8 nitrogen and oxygen atoms in total. The Labute approximate surface area is 157 Å². The van der Waals surface area contributed by atoms with E-state index in [2.05, 4.69) is 25.1 Å². The molecule has 0 unspecified atom stereocenters. The first-order chi connectivity index (χ1) is 13.3. The molecule has 1 amide bonds. The van der Waals surface area contributed by atoms with Gasteiger partial charge in [0.05, 0.1) is 11.6 Å². The number of likely N-dealkylation sites (tertiary alicyclic amines) is 1. The van der Waals surface area contributed by atoms with Gasteiger partial charge in [-0.1, -0.05) is 23.8 Å². The van der Waals surface area contributed by atoms with Gasteiger partial charge in [0, 0.05) is 19.5 Å². The minimum absolute atomic E-state index is 0.0200. The van der Waals surface area contributed by atoms with Gasteiger partial charge < -0.3 is 9.47 Å². The number of benzene rings is 1. The lowest BCUT2D eigenvalue weighted by Gasteiger charge is -2.24. The Balaban J connectivity index is 1.40. The Morgan fingerprint density at radius 1 is 1.04 bits per heavy atom. The molecule has 3 aromatic rings. The standard InChI is InChI=1S/C19H23N7O/c27-18(13-26-15-8-4-3-7-14(15)20-23-26)24-12-6-9-16(24)19-22-21-17-10-2-1-5-11-25(17)19/h3-4,7-8,16H,1-2,5-6,9-13H2/t16-/m1/s1. The van der Waals surface area contributed by atoms with Crippen LogP contribution < -0.4 is 0 Å². The lowest BCUT2D eigenvalue weighted by Crippen LogP contribution is -2.35. The van der Waals surface area contributed by atoms with E-state index in [0.29, 0.717) is 0 Å². The van der Waals surface area contributed by atoms with E-state index in [0.717, 1.165) is 61.5 Å². The van der Waals surface area contributed by atoms with Gasteiger partial charge in [-0.2, -0.15) is 0 Å². The minimum Gasteiger partial charge on any atom is -0.331 e. The number of carbonyl (C=O) groups is 1. The molecule has 2 aliphatic heterocycles. The van der Waals surface area contributed by atoms with Crippen molar-refractivity contribution in [2.75, 3.05) is 6.54 Å². The van der Waals surface area contributed by atoms with E-state index in [1.165, 1.54) is 12.8 Å². The van der Waals surface area contributed by atoms with Gasteiger partial charge in [0.15, 0.2) is 5.82 Å². The average molecular weight is 365 g/mol. The summed E-state index contributed by atoms with van der Waals surface area (Å²) in [4.78, 5) is 15.0. The SMILES string of the molecule is O=C(Cn1nnc2ccccc21)N1CCC[C@@H]1c1nnc2n1CCCCC2. The number of carbonyl (C=O) groups excluding carboxylic acids is 1. The summed E-state index contributed by atoms with van der Waals surface area (Å²) in [5.74, 6) is 2.10. The summed E-state index contributed by atoms with van der Waals surface area (Å²) < 4.78 is 3.95. The Morgan fingerprint density at radius 3 is 2.93 bits per heavy atom. The summed E-state index contributed by atoms with van der Waals surface area (Å²) in [6.45, 7) is 1.93. The van der Waals surface area contributed by atoms with E-state index in [9.17, 15) is 4.79 Å². The third-order valence-corrected chi connectivity index (χ3v) is 5.71. The van der Waals surface area contributed by atoms with Crippen molar-refractivity contribution in [2.45, 2.75) is 57.7 Å². The van der Waals surface area contributed by atoms with Crippen molar-refractivity contribution in [3.63, 3.8) is 0 Å². The Hall–Kier alpha value is -2.77. The number of aryl methyl sites for hydroxylation is 1. The molecule has 140 valence electrons. The van der Waals surface area contributed by atoms with Crippen molar-refractivity contribution < 1.29 is 4.79 Å². The minimum atomic E-state index is 0.0200. The maximum Gasteiger partial charge on any atom is 0.245 e. The number of hydrogen-bond donors (Lipinski definition) is 0. The van der Waals surface area contributed by atoms with Gasteiger partial charge in [0.1, 0.15) is 17.9 Å². The zero-order valence-corrected chi connectivity index (χ0v) is 15.3. The van der Waals surface area contributed by atoms with Gasteiger partial charge >= 0.3 is 0 Å². The maximum absolute atomic E-state index is 13.1. The number of nitrogens with zero attached hydrogens (tertiary/aromatic N) is 7. The predicted molar refractivity (Wildman–Crippen MR) is 98.8 cm³/mol. The van der Waals surface area contributed by atoms with E-state index in [-0.39, 0.29) is 18.5 Å². The van der Waals surface area contributed by atoms with Crippen LogP contribution in [0.15, 0.2) is 24.3 Å². The molecule has 2 aromatic heterocycles. The lowest BCUT2D eigenvalue weighted by atomic mass is 10.2. The second-order valence-electron chi connectivity index (χ2n) is 7.42. The van der Waals surface area contributed by atoms with E-state index in [1.807, 2.05) is 29.2 Å². The summed E-state index contributed by atoms with van der Waals surface area (Å²) in [5, 5.41) is 17.2. The molecule has 0 N–H and O–H groups in total. The van der Waals surface area contributed by atoms with E-state index < -0.39 is 0 Å². The molecule has 8 heteroatoms. The van der Waals surface area contributed by atoms with Crippen LogP contribution in [-0.2, 0) is 24.3 Å². The van der Waals surface area contributed by atoms with Crippen LogP contribution in [0.1, 0.15) is 49.8 Å². The summed E-state index contributed by atoms with van der Waals surface area (Å²) in [6.07, 6.45) is 6.49. The number of fused-ring (bicyclic) bond motifs is 2. The second kappa shape index (κ2) is 6.75. The molecule has 1 aromatic carbocycles. The quantitative estimate of drug-likeness (QED) is 0.710. The topological polar surface area (TPSA) is 81.7 Å². The van der Waals surface area contributed by atoms with Crippen molar-refractivity contribution in [3.05, 3.63) is 35.9 Å². The van der Waals surface area contributed by atoms with Crippen LogP contribution in [0.4, 0.5) is 0 Å². The summed E-state index contributed by atoms with van der Waals surface area (Å²) in [7, 11) is 0. The fourth-order valence-corrected chi connectivity index (χ4v) is 4.34. The fourth-order valence-electron chi connectivity index (χ4n) is 4.34. The largest absolute Gasteiger partial charge is 0.331 e. The van der Waals surface area contributed by atoms with Crippen LogP contribution in [0.2, 0.25) is 0 Å². The molecule has 0 radical (unpaired) electrons. The molecule has 1 atom stereocenters. The number of aromatic nitrogens is 6. The van der Waals surface area contributed by atoms with Crippen LogP contribution in [0, 0.1) is 0 Å². The smallest absolute Gasteiger partial charge is 0.245 e. The average Bonchev–Trinajstić information content (AvgIpc) is 3.37. The van der Waals surface area contributed by atoms with Crippen molar-refractivity contribution in [1.82, 2.24) is 34.7 Å². The number of hydrogen-bond acceptors (Lipinski definition) is 5. The lowest BCUT2D eigenvalue weighted by molar-refractivity contribution is -0.133. The highest BCUT2D eigenvalue weighted by atomic mass is 16.2. The fraction of sp³-hybridized carbons (Fsp3) is 0.526. The molecular formula is C19H23N7O. The summed E-state index contributed by atoms with van der Waals surface area (Å²) in [6, 6.07) is 7.75. The van der Waals surface area contributed by atoms with E-state index in [4.69, 9.17) is 0 Å².